The lowest BCUT2D eigenvalue weighted by Crippen LogP contribution is -2.28. The second-order valence-corrected chi connectivity index (χ2v) is 6.04. The van der Waals surface area contributed by atoms with Gasteiger partial charge in [-0.05, 0) is 48.5 Å². The van der Waals surface area contributed by atoms with Gasteiger partial charge in [0, 0.05) is 29.4 Å². The van der Waals surface area contributed by atoms with Crippen LogP contribution >= 0.6 is 11.6 Å². The zero-order chi connectivity index (χ0) is 17.1. The molecule has 2 aromatic carbocycles. The molecule has 0 bridgehead atoms. The number of hydrogen-bond acceptors (Lipinski definition) is 3. The van der Waals surface area contributed by atoms with Crippen molar-refractivity contribution in [2.75, 3.05) is 23.9 Å². The summed E-state index contributed by atoms with van der Waals surface area (Å²) in [6.07, 6.45) is 0.199. The molecule has 1 heterocycles. The number of rotatable bonds is 4. The fraction of sp³-hybridized carbons (Fsp3) is 0.222. The Hall–Kier alpha value is -2.53. The molecule has 2 amide bonds. The third-order valence-electron chi connectivity index (χ3n) is 3.99. The minimum atomic E-state index is -0.379. The van der Waals surface area contributed by atoms with E-state index in [2.05, 4.69) is 5.32 Å². The fourth-order valence-electron chi connectivity index (χ4n) is 2.67. The lowest BCUT2D eigenvalue weighted by Gasteiger charge is -2.16. The number of hydrogen-bond donors (Lipinski definition) is 1. The molecular formula is C18H17ClN2O3. The van der Waals surface area contributed by atoms with Crippen molar-refractivity contribution in [3.05, 3.63) is 53.6 Å². The molecule has 1 atom stereocenters. The summed E-state index contributed by atoms with van der Waals surface area (Å²) >= 11 is 5.87. The summed E-state index contributed by atoms with van der Waals surface area (Å²) in [5.41, 5.74) is 1.43. The van der Waals surface area contributed by atoms with Crippen LogP contribution in [0.5, 0.6) is 5.75 Å². The standard InChI is InChI=1S/C18H17ClN2O3/c1-24-16-8-4-14(5-9-16)20-18(23)12-10-17(22)21(11-12)15-6-2-13(19)3-7-15/h2-9,12H,10-11H2,1H3,(H,20,23). The van der Waals surface area contributed by atoms with Crippen molar-refractivity contribution in [1.82, 2.24) is 0 Å². The summed E-state index contributed by atoms with van der Waals surface area (Å²) in [5.74, 6) is 0.116. The van der Waals surface area contributed by atoms with Crippen LogP contribution in [0.1, 0.15) is 6.42 Å². The lowest BCUT2D eigenvalue weighted by atomic mass is 10.1. The number of amides is 2. The average Bonchev–Trinajstić information content (AvgIpc) is 2.98. The second kappa shape index (κ2) is 6.93. The molecule has 2 aromatic rings. The van der Waals surface area contributed by atoms with Gasteiger partial charge in [0.15, 0.2) is 0 Å². The van der Waals surface area contributed by atoms with Gasteiger partial charge in [0.25, 0.3) is 0 Å². The first-order valence-corrected chi connectivity index (χ1v) is 7.95. The van der Waals surface area contributed by atoms with E-state index in [1.54, 1.807) is 60.5 Å². The van der Waals surface area contributed by atoms with Crippen LogP contribution in [0.25, 0.3) is 0 Å². The van der Waals surface area contributed by atoms with E-state index in [4.69, 9.17) is 16.3 Å². The topological polar surface area (TPSA) is 58.6 Å². The molecule has 0 aliphatic carbocycles. The second-order valence-electron chi connectivity index (χ2n) is 5.60. The molecule has 3 rings (SSSR count). The van der Waals surface area contributed by atoms with Gasteiger partial charge in [-0.3, -0.25) is 9.59 Å². The van der Waals surface area contributed by atoms with E-state index < -0.39 is 0 Å². The maximum absolute atomic E-state index is 12.4. The predicted octanol–water partition coefficient (Wildman–Crippen LogP) is 3.34. The highest BCUT2D eigenvalue weighted by Gasteiger charge is 2.35. The summed E-state index contributed by atoms with van der Waals surface area (Å²) in [5, 5.41) is 3.45. The van der Waals surface area contributed by atoms with Crippen LogP contribution in [-0.4, -0.2) is 25.5 Å². The van der Waals surface area contributed by atoms with Gasteiger partial charge in [0.05, 0.1) is 13.0 Å². The van der Waals surface area contributed by atoms with Crippen LogP contribution in [-0.2, 0) is 9.59 Å². The molecule has 0 radical (unpaired) electrons. The van der Waals surface area contributed by atoms with Gasteiger partial charge in [-0.25, -0.2) is 0 Å². The number of carbonyl (C=O) groups is 2. The molecule has 1 fully saturated rings. The number of benzene rings is 2. The molecule has 1 aliphatic rings. The molecule has 5 nitrogen and oxygen atoms in total. The molecule has 1 unspecified atom stereocenters. The van der Waals surface area contributed by atoms with E-state index in [-0.39, 0.29) is 24.2 Å². The average molecular weight is 345 g/mol. The van der Waals surface area contributed by atoms with Crippen LogP contribution in [0.15, 0.2) is 48.5 Å². The SMILES string of the molecule is COc1ccc(NC(=O)C2CC(=O)N(c3ccc(Cl)cc3)C2)cc1. The molecule has 24 heavy (non-hydrogen) atoms. The van der Waals surface area contributed by atoms with Crippen LogP contribution in [0.3, 0.4) is 0 Å². The van der Waals surface area contributed by atoms with Crippen molar-refractivity contribution >= 4 is 34.8 Å². The van der Waals surface area contributed by atoms with E-state index in [0.29, 0.717) is 17.3 Å². The van der Waals surface area contributed by atoms with Gasteiger partial charge in [0.2, 0.25) is 11.8 Å². The van der Waals surface area contributed by atoms with Crippen LogP contribution in [0.4, 0.5) is 11.4 Å². The fourth-order valence-corrected chi connectivity index (χ4v) is 2.80. The lowest BCUT2D eigenvalue weighted by molar-refractivity contribution is -0.122. The Labute approximate surface area is 145 Å². The zero-order valence-corrected chi connectivity index (χ0v) is 13.9. The van der Waals surface area contributed by atoms with Gasteiger partial charge in [-0.2, -0.15) is 0 Å². The first-order valence-electron chi connectivity index (χ1n) is 7.57. The minimum absolute atomic E-state index is 0.0628. The van der Waals surface area contributed by atoms with Crippen molar-refractivity contribution in [3.8, 4) is 5.75 Å². The summed E-state index contributed by atoms with van der Waals surface area (Å²) in [4.78, 5) is 26.2. The summed E-state index contributed by atoms with van der Waals surface area (Å²) in [7, 11) is 1.59. The van der Waals surface area contributed by atoms with E-state index in [9.17, 15) is 9.59 Å². The molecule has 0 aromatic heterocycles. The van der Waals surface area contributed by atoms with E-state index in [1.165, 1.54) is 0 Å². The van der Waals surface area contributed by atoms with Crippen molar-refractivity contribution in [2.45, 2.75) is 6.42 Å². The van der Waals surface area contributed by atoms with Gasteiger partial charge >= 0.3 is 0 Å². The number of methoxy groups -OCH3 is 1. The monoisotopic (exact) mass is 344 g/mol. The van der Waals surface area contributed by atoms with E-state index in [1.807, 2.05) is 0 Å². The van der Waals surface area contributed by atoms with E-state index >= 15 is 0 Å². The number of ether oxygens (including phenoxy) is 1. The highest BCUT2D eigenvalue weighted by molar-refractivity contribution is 6.30. The Morgan fingerprint density at radius 1 is 1.17 bits per heavy atom. The third kappa shape index (κ3) is 3.51. The van der Waals surface area contributed by atoms with Crippen LogP contribution in [0, 0.1) is 5.92 Å². The molecule has 1 aliphatic heterocycles. The number of nitrogens with zero attached hydrogens (tertiary/aromatic N) is 1. The molecular weight excluding hydrogens is 328 g/mol. The number of nitrogens with one attached hydrogen (secondary N) is 1. The van der Waals surface area contributed by atoms with Crippen LogP contribution in [0.2, 0.25) is 5.02 Å². The Morgan fingerprint density at radius 2 is 1.83 bits per heavy atom. The predicted molar refractivity (Wildman–Crippen MR) is 93.5 cm³/mol. The normalized spacial score (nSPS) is 17.0. The Balaban J connectivity index is 1.66. The van der Waals surface area contributed by atoms with Crippen molar-refractivity contribution in [2.24, 2.45) is 5.92 Å². The molecule has 1 saturated heterocycles. The molecule has 1 N–H and O–H groups in total. The number of carbonyl (C=O) groups excluding carboxylic acids is 2. The zero-order valence-electron chi connectivity index (χ0n) is 13.2. The Morgan fingerprint density at radius 3 is 2.46 bits per heavy atom. The summed E-state index contributed by atoms with van der Waals surface area (Å²) in [6.45, 7) is 0.364. The van der Waals surface area contributed by atoms with Gasteiger partial charge in [0.1, 0.15) is 5.75 Å². The van der Waals surface area contributed by atoms with Gasteiger partial charge in [-0.1, -0.05) is 11.6 Å². The quantitative estimate of drug-likeness (QED) is 0.925. The van der Waals surface area contributed by atoms with Crippen molar-refractivity contribution in [1.29, 1.82) is 0 Å². The minimum Gasteiger partial charge on any atom is -0.497 e. The highest BCUT2D eigenvalue weighted by atomic mass is 35.5. The molecule has 6 heteroatoms. The van der Waals surface area contributed by atoms with E-state index in [0.717, 1.165) is 11.4 Å². The van der Waals surface area contributed by atoms with Gasteiger partial charge < -0.3 is 15.0 Å². The third-order valence-corrected chi connectivity index (χ3v) is 4.24. The van der Waals surface area contributed by atoms with Crippen LogP contribution < -0.4 is 15.0 Å². The van der Waals surface area contributed by atoms with Crippen molar-refractivity contribution < 1.29 is 14.3 Å². The number of halogens is 1. The Bertz CT molecular complexity index is 744. The maximum atomic E-state index is 12.4. The van der Waals surface area contributed by atoms with Gasteiger partial charge in [-0.15, -0.1) is 0 Å². The number of anilines is 2. The Kier molecular flexibility index (Phi) is 4.71. The first kappa shape index (κ1) is 16.3. The molecule has 0 spiro atoms. The largest absolute Gasteiger partial charge is 0.497 e. The first-order chi connectivity index (χ1) is 11.6. The maximum Gasteiger partial charge on any atom is 0.229 e. The molecule has 124 valence electrons. The molecule has 0 saturated carbocycles. The van der Waals surface area contributed by atoms with Crippen molar-refractivity contribution in [3.63, 3.8) is 0 Å². The summed E-state index contributed by atoms with van der Waals surface area (Å²) in [6, 6.07) is 14.1. The summed E-state index contributed by atoms with van der Waals surface area (Å²) < 4.78 is 5.09. The smallest absolute Gasteiger partial charge is 0.229 e. The highest BCUT2D eigenvalue weighted by Crippen LogP contribution is 2.27.